The van der Waals surface area contributed by atoms with Gasteiger partial charge in [0.1, 0.15) is 0 Å². The van der Waals surface area contributed by atoms with E-state index in [9.17, 15) is 4.79 Å². The summed E-state index contributed by atoms with van der Waals surface area (Å²) in [4.78, 5) is 12.2. The topological polar surface area (TPSA) is 85.7 Å². The zero-order valence-corrected chi connectivity index (χ0v) is 9.67. The lowest BCUT2D eigenvalue weighted by molar-refractivity contribution is 0.102. The number of methoxy groups -OCH3 is 1. The Balaban J connectivity index is 2.42. The molecular formula is C10H13N5O2. The fraction of sp³-hybridized carbons (Fsp3) is 0.400. The predicted molar refractivity (Wildman–Crippen MR) is 58.9 cm³/mol. The normalized spacial score (nSPS) is 10.5. The second kappa shape index (κ2) is 4.77. The second-order valence-corrected chi connectivity index (χ2v) is 3.47. The van der Waals surface area contributed by atoms with Gasteiger partial charge in [-0.15, -0.1) is 0 Å². The molecule has 0 radical (unpaired) electrons. The number of nitrogens with zero attached hydrogens (tertiary/aromatic N) is 4. The minimum Gasteiger partial charge on any atom is -0.493 e. The first-order valence-corrected chi connectivity index (χ1v) is 5.28. The third kappa shape index (κ3) is 2.03. The van der Waals surface area contributed by atoms with Crippen molar-refractivity contribution < 1.29 is 9.53 Å². The van der Waals surface area contributed by atoms with Crippen molar-refractivity contribution in [2.75, 3.05) is 7.11 Å². The van der Waals surface area contributed by atoms with Gasteiger partial charge in [-0.3, -0.25) is 9.48 Å². The minimum atomic E-state index is -0.249. The number of aromatic amines is 1. The molecule has 7 heteroatoms. The van der Waals surface area contributed by atoms with E-state index in [0.717, 1.165) is 6.42 Å². The maximum Gasteiger partial charge on any atom is 0.236 e. The number of ether oxygens (including phenoxy) is 1. The molecule has 0 unspecified atom stereocenters. The van der Waals surface area contributed by atoms with E-state index in [1.165, 1.54) is 19.5 Å². The Hall–Kier alpha value is -2.18. The number of carbonyl (C=O) groups excluding carboxylic acids is 1. The van der Waals surface area contributed by atoms with Crippen LogP contribution in [0.2, 0.25) is 0 Å². The molecule has 0 aliphatic heterocycles. The van der Waals surface area contributed by atoms with Crippen LogP contribution >= 0.6 is 0 Å². The lowest BCUT2D eigenvalue weighted by Gasteiger charge is -2.05. The summed E-state index contributed by atoms with van der Waals surface area (Å²) in [6, 6.07) is 0. The van der Waals surface area contributed by atoms with Crippen LogP contribution in [-0.2, 0) is 6.54 Å². The molecule has 0 fully saturated rings. The molecule has 0 saturated carbocycles. The predicted octanol–water partition coefficient (Wildman–Crippen LogP) is 0.651. The maximum absolute atomic E-state index is 12.2. The first-order valence-electron chi connectivity index (χ1n) is 5.28. The van der Waals surface area contributed by atoms with Crippen molar-refractivity contribution in [3.8, 4) is 5.75 Å². The molecule has 0 atom stereocenters. The third-order valence-corrected chi connectivity index (χ3v) is 2.32. The van der Waals surface area contributed by atoms with Gasteiger partial charge in [-0.1, -0.05) is 6.92 Å². The van der Waals surface area contributed by atoms with Crippen molar-refractivity contribution in [2.24, 2.45) is 0 Å². The smallest absolute Gasteiger partial charge is 0.236 e. The van der Waals surface area contributed by atoms with Crippen LogP contribution in [0.3, 0.4) is 0 Å². The second-order valence-electron chi connectivity index (χ2n) is 3.47. The number of hydrogen-bond acceptors (Lipinski definition) is 5. The zero-order valence-electron chi connectivity index (χ0n) is 9.67. The quantitative estimate of drug-likeness (QED) is 0.769. The Labute approximate surface area is 97.8 Å². The van der Waals surface area contributed by atoms with Crippen LogP contribution in [0.25, 0.3) is 0 Å². The molecule has 0 aliphatic carbocycles. The largest absolute Gasteiger partial charge is 0.493 e. The van der Waals surface area contributed by atoms with Crippen molar-refractivity contribution >= 4 is 5.78 Å². The van der Waals surface area contributed by atoms with Crippen LogP contribution in [0, 0.1) is 0 Å². The molecule has 2 rings (SSSR count). The number of H-pyrrole nitrogens is 1. The van der Waals surface area contributed by atoms with Gasteiger partial charge in [-0.25, -0.2) is 0 Å². The number of hydrogen-bond donors (Lipinski definition) is 1. The van der Waals surface area contributed by atoms with Crippen LogP contribution in [0.5, 0.6) is 5.75 Å². The highest BCUT2D eigenvalue weighted by Gasteiger charge is 2.22. The first kappa shape index (κ1) is 11.3. The SMILES string of the molecule is CCCn1ncc(OC)c1C(=O)c1cn[nH]n1. The van der Waals surface area contributed by atoms with Crippen LogP contribution in [-0.4, -0.2) is 38.1 Å². The van der Waals surface area contributed by atoms with E-state index in [0.29, 0.717) is 18.0 Å². The summed E-state index contributed by atoms with van der Waals surface area (Å²) >= 11 is 0. The molecular weight excluding hydrogens is 222 g/mol. The molecule has 0 saturated heterocycles. The lowest BCUT2D eigenvalue weighted by atomic mass is 10.2. The van der Waals surface area contributed by atoms with Gasteiger partial charge in [-0.05, 0) is 6.42 Å². The minimum absolute atomic E-state index is 0.249. The van der Waals surface area contributed by atoms with Crippen LogP contribution in [0.15, 0.2) is 12.4 Å². The molecule has 17 heavy (non-hydrogen) atoms. The fourth-order valence-corrected chi connectivity index (χ4v) is 1.56. The highest BCUT2D eigenvalue weighted by atomic mass is 16.5. The molecule has 0 aliphatic rings. The van der Waals surface area contributed by atoms with Crippen LogP contribution in [0.1, 0.15) is 29.5 Å². The lowest BCUT2D eigenvalue weighted by Crippen LogP contribution is -2.13. The van der Waals surface area contributed by atoms with Gasteiger partial charge >= 0.3 is 0 Å². The molecule has 1 N–H and O–H groups in total. The monoisotopic (exact) mass is 235 g/mol. The molecule has 2 heterocycles. The number of ketones is 1. The molecule has 2 aromatic rings. The molecule has 0 aromatic carbocycles. The van der Waals surface area contributed by atoms with E-state index in [-0.39, 0.29) is 11.5 Å². The van der Waals surface area contributed by atoms with E-state index >= 15 is 0 Å². The molecule has 7 nitrogen and oxygen atoms in total. The van der Waals surface area contributed by atoms with Crippen molar-refractivity contribution in [2.45, 2.75) is 19.9 Å². The summed E-state index contributed by atoms with van der Waals surface area (Å²) in [5.41, 5.74) is 0.657. The van der Waals surface area contributed by atoms with Crippen molar-refractivity contribution in [1.82, 2.24) is 25.2 Å². The Morgan fingerprint density at radius 3 is 2.94 bits per heavy atom. The Morgan fingerprint density at radius 2 is 2.35 bits per heavy atom. The highest BCUT2D eigenvalue weighted by molar-refractivity contribution is 6.08. The molecule has 0 spiro atoms. The van der Waals surface area contributed by atoms with Gasteiger partial charge in [-0.2, -0.15) is 20.5 Å². The van der Waals surface area contributed by atoms with Crippen molar-refractivity contribution in [3.63, 3.8) is 0 Å². The standard InChI is InChI=1S/C10H13N5O2/c1-3-4-15-9(8(17-2)6-12-15)10(16)7-5-11-14-13-7/h5-6H,3-4H2,1-2H3,(H,11,13,14). The first-order chi connectivity index (χ1) is 8.27. The Kier molecular flexibility index (Phi) is 3.17. The van der Waals surface area contributed by atoms with E-state index in [1.54, 1.807) is 4.68 Å². The van der Waals surface area contributed by atoms with Crippen LogP contribution < -0.4 is 4.74 Å². The van der Waals surface area contributed by atoms with E-state index in [2.05, 4.69) is 20.5 Å². The van der Waals surface area contributed by atoms with Gasteiger partial charge in [0.25, 0.3) is 0 Å². The van der Waals surface area contributed by atoms with Gasteiger partial charge < -0.3 is 4.74 Å². The Morgan fingerprint density at radius 1 is 1.53 bits per heavy atom. The summed E-state index contributed by atoms with van der Waals surface area (Å²) < 4.78 is 6.75. The van der Waals surface area contributed by atoms with Crippen LogP contribution in [0.4, 0.5) is 0 Å². The molecule has 90 valence electrons. The van der Waals surface area contributed by atoms with Crippen molar-refractivity contribution in [1.29, 1.82) is 0 Å². The number of nitrogens with one attached hydrogen (secondary N) is 1. The summed E-state index contributed by atoms with van der Waals surface area (Å²) in [5, 5.41) is 13.9. The fourth-order valence-electron chi connectivity index (χ4n) is 1.56. The van der Waals surface area contributed by atoms with E-state index < -0.39 is 0 Å². The van der Waals surface area contributed by atoms with Gasteiger partial charge in [0.2, 0.25) is 5.78 Å². The van der Waals surface area contributed by atoms with Gasteiger partial charge in [0, 0.05) is 6.54 Å². The molecule has 0 amide bonds. The highest BCUT2D eigenvalue weighted by Crippen LogP contribution is 2.20. The van der Waals surface area contributed by atoms with Gasteiger partial charge in [0.15, 0.2) is 17.1 Å². The summed E-state index contributed by atoms with van der Waals surface area (Å²) in [6.45, 7) is 2.67. The van der Waals surface area contributed by atoms with E-state index in [1.807, 2.05) is 6.92 Å². The zero-order chi connectivity index (χ0) is 12.3. The van der Waals surface area contributed by atoms with Crippen molar-refractivity contribution in [3.05, 3.63) is 23.8 Å². The Bertz CT molecular complexity index is 503. The van der Waals surface area contributed by atoms with E-state index in [4.69, 9.17) is 4.74 Å². The molecule has 0 bridgehead atoms. The average Bonchev–Trinajstić information content (AvgIpc) is 2.97. The third-order valence-electron chi connectivity index (χ3n) is 2.32. The maximum atomic E-state index is 12.2. The number of aromatic nitrogens is 5. The number of carbonyl (C=O) groups is 1. The number of aryl methyl sites for hydroxylation is 1. The summed E-state index contributed by atoms with van der Waals surface area (Å²) in [5.74, 6) is 0.202. The summed E-state index contributed by atoms with van der Waals surface area (Å²) in [6.07, 6.45) is 3.79. The summed E-state index contributed by atoms with van der Waals surface area (Å²) in [7, 11) is 1.51. The average molecular weight is 235 g/mol. The number of rotatable bonds is 5. The molecule has 2 aromatic heterocycles. The van der Waals surface area contributed by atoms with Gasteiger partial charge in [0.05, 0.1) is 19.5 Å².